The second-order valence-corrected chi connectivity index (χ2v) is 2.59. The maximum absolute atomic E-state index is 12.8. The molecule has 5 heteroatoms. The molecule has 1 aromatic rings. The topological polar surface area (TPSA) is 20.2 Å². The first kappa shape index (κ1) is 9.83. The highest BCUT2D eigenvalue weighted by Gasteiger charge is 2.35. The Kier molecular flexibility index (Phi) is 2.19. The predicted octanol–water partition coefficient (Wildman–Crippen LogP) is 2.86. The van der Waals surface area contributed by atoms with Crippen LogP contribution in [-0.2, 0) is 6.18 Å². The van der Waals surface area contributed by atoms with Crippen LogP contribution in [0.25, 0.3) is 0 Å². The molecule has 1 nitrogen and oxygen atoms in total. The van der Waals surface area contributed by atoms with E-state index in [4.69, 9.17) is 5.11 Å². The number of hydrogen-bond donors (Lipinski definition) is 1. The lowest BCUT2D eigenvalue weighted by Gasteiger charge is -2.09. The van der Waals surface area contributed by atoms with Gasteiger partial charge in [0.2, 0.25) is 0 Å². The van der Waals surface area contributed by atoms with Crippen molar-refractivity contribution in [3.63, 3.8) is 0 Å². The van der Waals surface area contributed by atoms with Gasteiger partial charge >= 0.3 is 6.18 Å². The summed E-state index contributed by atoms with van der Waals surface area (Å²) in [5.74, 6) is -2.57. The predicted molar refractivity (Wildman–Crippen MR) is 37.8 cm³/mol. The van der Waals surface area contributed by atoms with Gasteiger partial charge in [-0.25, -0.2) is 4.39 Å². The molecule has 0 spiro atoms. The number of phenols is 1. The molecule has 1 aromatic carbocycles. The van der Waals surface area contributed by atoms with Crippen LogP contribution in [0, 0.1) is 12.7 Å². The molecule has 0 aromatic heterocycles. The molecule has 0 aliphatic carbocycles. The number of halogens is 4. The van der Waals surface area contributed by atoms with E-state index in [0.29, 0.717) is 6.07 Å². The SMILES string of the molecule is Cc1ccc(C(F)(F)F)c(F)c1O. The number of hydrogen-bond acceptors (Lipinski definition) is 1. The van der Waals surface area contributed by atoms with E-state index in [1.807, 2.05) is 0 Å². The number of aryl methyl sites for hydroxylation is 1. The summed E-state index contributed by atoms with van der Waals surface area (Å²) in [6.07, 6.45) is -4.77. The first-order chi connectivity index (χ1) is 5.84. The molecule has 0 aliphatic rings. The van der Waals surface area contributed by atoms with E-state index in [0.717, 1.165) is 6.07 Å². The van der Waals surface area contributed by atoms with Gasteiger partial charge in [-0.05, 0) is 18.6 Å². The van der Waals surface area contributed by atoms with E-state index in [1.165, 1.54) is 6.92 Å². The van der Waals surface area contributed by atoms with Crippen molar-refractivity contribution in [1.82, 2.24) is 0 Å². The van der Waals surface area contributed by atoms with Crippen molar-refractivity contribution < 1.29 is 22.7 Å². The Bertz CT molecular complexity index is 330. The Morgan fingerprint density at radius 1 is 1.23 bits per heavy atom. The maximum atomic E-state index is 12.8. The summed E-state index contributed by atoms with van der Waals surface area (Å²) in [7, 11) is 0. The van der Waals surface area contributed by atoms with Gasteiger partial charge in [0.05, 0.1) is 5.56 Å². The van der Waals surface area contributed by atoms with Crippen molar-refractivity contribution in [2.75, 3.05) is 0 Å². The molecule has 1 N–H and O–H groups in total. The van der Waals surface area contributed by atoms with E-state index < -0.39 is 23.3 Å². The van der Waals surface area contributed by atoms with Gasteiger partial charge in [-0.2, -0.15) is 13.2 Å². The van der Waals surface area contributed by atoms with E-state index >= 15 is 0 Å². The van der Waals surface area contributed by atoms with Gasteiger partial charge in [0.25, 0.3) is 0 Å². The van der Waals surface area contributed by atoms with Gasteiger partial charge in [-0.15, -0.1) is 0 Å². The van der Waals surface area contributed by atoms with Crippen molar-refractivity contribution in [2.24, 2.45) is 0 Å². The van der Waals surface area contributed by atoms with E-state index in [1.54, 1.807) is 0 Å². The van der Waals surface area contributed by atoms with E-state index in [9.17, 15) is 17.6 Å². The minimum atomic E-state index is -4.77. The molecule has 0 saturated heterocycles. The zero-order chi connectivity index (χ0) is 10.2. The molecule has 1 rings (SSSR count). The minimum absolute atomic E-state index is 0.0745. The summed E-state index contributed by atoms with van der Waals surface area (Å²) in [4.78, 5) is 0. The average molecular weight is 194 g/mol. The van der Waals surface area contributed by atoms with Crippen LogP contribution < -0.4 is 0 Å². The van der Waals surface area contributed by atoms with E-state index in [2.05, 4.69) is 0 Å². The average Bonchev–Trinajstić information content (AvgIpc) is 1.98. The second-order valence-electron chi connectivity index (χ2n) is 2.59. The molecule has 0 saturated carbocycles. The highest BCUT2D eigenvalue weighted by atomic mass is 19.4. The fourth-order valence-corrected chi connectivity index (χ4v) is 0.880. The zero-order valence-corrected chi connectivity index (χ0v) is 6.61. The third-order valence-electron chi connectivity index (χ3n) is 1.62. The maximum Gasteiger partial charge on any atom is 0.419 e. The van der Waals surface area contributed by atoms with Crippen molar-refractivity contribution in [3.8, 4) is 5.75 Å². The number of rotatable bonds is 0. The van der Waals surface area contributed by atoms with Crippen LogP contribution >= 0.6 is 0 Å². The smallest absolute Gasteiger partial charge is 0.419 e. The normalized spacial score (nSPS) is 11.8. The fourth-order valence-electron chi connectivity index (χ4n) is 0.880. The van der Waals surface area contributed by atoms with Gasteiger partial charge in [-0.1, -0.05) is 6.07 Å². The zero-order valence-electron chi connectivity index (χ0n) is 6.61. The summed E-state index contributed by atoms with van der Waals surface area (Å²) in [6, 6.07) is 1.62. The standard InChI is InChI=1S/C8H6F4O/c1-4-2-3-5(8(10,11)12)6(9)7(4)13/h2-3,13H,1H3. The van der Waals surface area contributed by atoms with Crippen molar-refractivity contribution >= 4 is 0 Å². The molecule has 0 radical (unpaired) electrons. The Morgan fingerprint density at radius 3 is 2.23 bits per heavy atom. The molecule has 0 bridgehead atoms. The Balaban J connectivity index is 3.35. The van der Waals surface area contributed by atoms with Gasteiger partial charge in [-0.3, -0.25) is 0 Å². The van der Waals surface area contributed by atoms with Crippen molar-refractivity contribution in [1.29, 1.82) is 0 Å². The number of alkyl halides is 3. The number of aromatic hydroxyl groups is 1. The van der Waals surface area contributed by atoms with Gasteiger partial charge in [0.15, 0.2) is 11.6 Å². The molecule has 0 heterocycles. The third-order valence-corrected chi connectivity index (χ3v) is 1.62. The van der Waals surface area contributed by atoms with Crippen LogP contribution in [0.3, 0.4) is 0 Å². The molecule has 0 atom stereocenters. The van der Waals surface area contributed by atoms with Crippen LogP contribution in [-0.4, -0.2) is 5.11 Å². The Morgan fingerprint density at radius 2 is 1.77 bits per heavy atom. The van der Waals surface area contributed by atoms with Crippen LogP contribution in [0.1, 0.15) is 11.1 Å². The molecular formula is C8H6F4O. The summed E-state index contributed by atoms with van der Waals surface area (Å²) in [5.41, 5.74) is -1.37. The monoisotopic (exact) mass is 194 g/mol. The van der Waals surface area contributed by atoms with Crippen LogP contribution in [0.4, 0.5) is 17.6 Å². The van der Waals surface area contributed by atoms with Crippen LogP contribution in [0.5, 0.6) is 5.75 Å². The molecule has 13 heavy (non-hydrogen) atoms. The summed E-state index contributed by atoms with van der Waals surface area (Å²) < 4.78 is 48.8. The first-order valence-electron chi connectivity index (χ1n) is 3.39. The van der Waals surface area contributed by atoms with Crippen LogP contribution in [0.2, 0.25) is 0 Å². The van der Waals surface area contributed by atoms with E-state index in [-0.39, 0.29) is 5.56 Å². The second kappa shape index (κ2) is 2.90. The molecule has 0 fully saturated rings. The number of benzene rings is 1. The fraction of sp³-hybridized carbons (Fsp3) is 0.250. The largest absolute Gasteiger partial charge is 0.505 e. The molecule has 0 amide bonds. The van der Waals surface area contributed by atoms with Crippen LogP contribution in [0.15, 0.2) is 12.1 Å². The summed E-state index contributed by atoms with van der Waals surface area (Å²) in [6.45, 7) is 1.32. The quantitative estimate of drug-likeness (QED) is 0.629. The lowest BCUT2D eigenvalue weighted by Crippen LogP contribution is -2.08. The highest BCUT2D eigenvalue weighted by Crippen LogP contribution is 2.35. The Hall–Kier alpha value is -1.26. The summed E-state index contributed by atoms with van der Waals surface area (Å²) >= 11 is 0. The highest BCUT2D eigenvalue weighted by molar-refractivity contribution is 5.38. The van der Waals surface area contributed by atoms with Gasteiger partial charge in [0, 0.05) is 0 Å². The summed E-state index contributed by atoms with van der Waals surface area (Å²) in [5, 5.41) is 8.88. The molecule has 0 unspecified atom stereocenters. The van der Waals surface area contributed by atoms with Gasteiger partial charge in [0.1, 0.15) is 0 Å². The van der Waals surface area contributed by atoms with Gasteiger partial charge < -0.3 is 5.11 Å². The molecule has 0 aliphatic heterocycles. The Labute approximate surface area is 71.6 Å². The lowest BCUT2D eigenvalue weighted by atomic mass is 10.1. The third kappa shape index (κ3) is 1.74. The minimum Gasteiger partial charge on any atom is -0.505 e. The first-order valence-corrected chi connectivity index (χ1v) is 3.39. The molecular weight excluding hydrogens is 188 g/mol. The van der Waals surface area contributed by atoms with Crippen molar-refractivity contribution in [3.05, 3.63) is 29.1 Å². The lowest BCUT2D eigenvalue weighted by molar-refractivity contribution is -0.140. The molecule has 72 valence electrons. The number of phenolic OH excluding ortho intramolecular Hbond substituents is 1. The van der Waals surface area contributed by atoms with Crippen molar-refractivity contribution in [2.45, 2.75) is 13.1 Å².